The molecule has 0 spiro atoms. The normalized spacial score (nSPS) is 10.5. The average molecular weight is 296 g/mol. The van der Waals surface area contributed by atoms with Crippen molar-refractivity contribution in [2.45, 2.75) is 0 Å². The number of hydrogen-bond acceptors (Lipinski definition) is 5. The molecule has 0 aromatic heterocycles. The Labute approximate surface area is 125 Å². The number of rotatable bonds is 5. The van der Waals surface area contributed by atoms with Crippen LogP contribution in [0.1, 0.15) is 26.3 Å². The van der Waals surface area contributed by atoms with Crippen molar-refractivity contribution in [1.82, 2.24) is 0 Å². The molecule has 22 heavy (non-hydrogen) atoms. The van der Waals surface area contributed by atoms with Crippen molar-refractivity contribution in [2.75, 3.05) is 0 Å². The lowest BCUT2D eigenvalue weighted by molar-refractivity contribution is -0.384. The first-order valence-corrected chi connectivity index (χ1v) is 6.25. The predicted molar refractivity (Wildman–Crippen MR) is 77.2 cm³/mol. The number of carboxylic acid groups (broad SMARTS) is 1. The molecule has 0 radical (unpaired) electrons. The largest absolute Gasteiger partial charge is 0.545 e. The smallest absolute Gasteiger partial charge is 0.269 e. The van der Waals surface area contributed by atoms with Gasteiger partial charge in [0.15, 0.2) is 5.78 Å². The maximum Gasteiger partial charge on any atom is 0.269 e. The molecule has 0 fully saturated rings. The van der Waals surface area contributed by atoms with Crippen LogP contribution in [0.3, 0.4) is 0 Å². The van der Waals surface area contributed by atoms with E-state index in [1.54, 1.807) is 12.1 Å². The third-order valence-electron chi connectivity index (χ3n) is 2.94. The molecule has 0 aliphatic carbocycles. The lowest BCUT2D eigenvalue weighted by Crippen LogP contribution is -2.21. The standard InChI is InChI=1S/C16H11NO5/c18-15(12-6-8-14(9-7-12)17(21)22)10-3-11-1-4-13(5-2-11)16(19)20/h1-10H,(H,19,20)/p-1/b10-3+. The van der Waals surface area contributed by atoms with Crippen molar-refractivity contribution in [2.24, 2.45) is 0 Å². The first kappa shape index (κ1) is 15.1. The average Bonchev–Trinajstić information content (AvgIpc) is 2.53. The molecule has 2 rings (SSSR count). The Morgan fingerprint density at radius 3 is 1.95 bits per heavy atom. The van der Waals surface area contributed by atoms with Gasteiger partial charge in [0.05, 0.1) is 10.9 Å². The summed E-state index contributed by atoms with van der Waals surface area (Å²) in [5, 5.41) is 21.1. The number of carbonyl (C=O) groups is 2. The van der Waals surface area contributed by atoms with E-state index >= 15 is 0 Å². The van der Waals surface area contributed by atoms with E-state index in [0.29, 0.717) is 11.1 Å². The minimum absolute atomic E-state index is 0.0545. The number of aromatic carboxylic acids is 1. The second-order valence-corrected chi connectivity index (χ2v) is 4.41. The Morgan fingerprint density at radius 1 is 0.909 bits per heavy atom. The fourth-order valence-electron chi connectivity index (χ4n) is 1.75. The number of hydrogen-bond donors (Lipinski definition) is 0. The highest BCUT2D eigenvalue weighted by molar-refractivity contribution is 6.06. The third kappa shape index (κ3) is 3.63. The summed E-state index contributed by atoms with van der Waals surface area (Å²) in [6.07, 6.45) is 2.85. The number of non-ortho nitro benzene ring substituents is 1. The van der Waals surface area contributed by atoms with Crippen LogP contribution in [0.15, 0.2) is 54.6 Å². The Kier molecular flexibility index (Phi) is 4.43. The quantitative estimate of drug-likeness (QED) is 0.363. The molecule has 0 N–H and O–H groups in total. The molecule has 0 aliphatic rings. The molecule has 0 saturated heterocycles. The van der Waals surface area contributed by atoms with Gasteiger partial charge in [-0.05, 0) is 29.3 Å². The Balaban J connectivity index is 2.10. The molecule has 0 atom stereocenters. The highest BCUT2D eigenvalue weighted by atomic mass is 16.6. The summed E-state index contributed by atoms with van der Waals surface area (Å²) < 4.78 is 0. The van der Waals surface area contributed by atoms with Gasteiger partial charge in [0.25, 0.3) is 5.69 Å². The lowest BCUT2D eigenvalue weighted by atomic mass is 10.1. The maximum absolute atomic E-state index is 11.9. The van der Waals surface area contributed by atoms with Crippen LogP contribution in [0, 0.1) is 10.1 Å². The van der Waals surface area contributed by atoms with Gasteiger partial charge in [0.1, 0.15) is 0 Å². The molecule has 0 bridgehead atoms. The third-order valence-corrected chi connectivity index (χ3v) is 2.94. The number of nitro groups is 1. The Morgan fingerprint density at radius 2 is 1.45 bits per heavy atom. The number of nitrogens with zero attached hydrogens (tertiary/aromatic N) is 1. The van der Waals surface area contributed by atoms with E-state index in [9.17, 15) is 24.8 Å². The molecule has 2 aromatic carbocycles. The Hall–Kier alpha value is -3.28. The topological polar surface area (TPSA) is 100 Å². The molecule has 0 amide bonds. The zero-order chi connectivity index (χ0) is 16.1. The minimum Gasteiger partial charge on any atom is -0.545 e. The molecule has 6 heteroatoms. The molecule has 110 valence electrons. The van der Waals surface area contributed by atoms with Gasteiger partial charge in [0.2, 0.25) is 0 Å². The molecule has 0 saturated carbocycles. The van der Waals surface area contributed by atoms with Crippen molar-refractivity contribution in [3.05, 3.63) is 81.4 Å². The number of carboxylic acids is 1. The van der Waals surface area contributed by atoms with Gasteiger partial charge in [-0.25, -0.2) is 0 Å². The summed E-state index contributed by atoms with van der Waals surface area (Å²) in [5.74, 6) is -1.57. The number of carbonyl (C=O) groups excluding carboxylic acids is 2. The van der Waals surface area contributed by atoms with Gasteiger partial charge in [-0.15, -0.1) is 0 Å². The summed E-state index contributed by atoms with van der Waals surface area (Å²) >= 11 is 0. The van der Waals surface area contributed by atoms with Crippen LogP contribution < -0.4 is 5.11 Å². The summed E-state index contributed by atoms with van der Waals surface area (Å²) in [7, 11) is 0. The van der Waals surface area contributed by atoms with Crippen LogP contribution in [0.25, 0.3) is 6.08 Å². The van der Waals surface area contributed by atoms with Gasteiger partial charge < -0.3 is 9.90 Å². The van der Waals surface area contributed by atoms with Gasteiger partial charge >= 0.3 is 0 Å². The summed E-state index contributed by atoms with van der Waals surface area (Å²) in [6.45, 7) is 0. The first-order chi connectivity index (χ1) is 10.5. The maximum atomic E-state index is 11.9. The van der Waals surface area contributed by atoms with Crippen LogP contribution in [0.4, 0.5) is 5.69 Å². The first-order valence-electron chi connectivity index (χ1n) is 6.25. The van der Waals surface area contributed by atoms with Crippen molar-refractivity contribution in [1.29, 1.82) is 0 Å². The zero-order valence-corrected chi connectivity index (χ0v) is 11.3. The SMILES string of the molecule is O=C([O-])c1ccc(/C=C/C(=O)c2ccc([N+](=O)[O-])cc2)cc1. The van der Waals surface area contributed by atoms with Crippen LogP contribution in [0.5, 0.6) is 0 Å². The van der Waals surface area contributed by atoms with E-state index in [0.717, 1.165) is 0 Å². The monoisotopic (exact) mass is 296 g/mol. The molecule has 6 nitrogen and oxygen atoms in total. The van der Waals surface area contributed by atoms with Crippen LogP contribution in [-0.4, -0.2) is 16.7 Å². The van der Waals surface area contributed by atoms with E-state index in [1.807, 2.05) is 0 Å². The predicted octanol–water partition coefficient (Wildman–Crippen LogP) is 1.85. The number of allylic oxidation sites excluding steroid dienone is 1. The zero-order valence-electron chi connectivity index (χ0n) is 11.3. The van der Waals surface area contributed by atoms with Crippen LogP contribution in [0.2, 0.25) is 0 Å². The molecular weight excluding hydrogens is 286 g/mol. The van der Waals surface area contributed by atoms with E-state index in [1.165, 1.54) is 48.6 Å². The van der Waals surface area contributed by atoms with E-state index in [-0.39, 0.29) is 17.0 Å². The van der Waals surface area contributed by atoms with Crippen molar-refractivity contribution >= 4 is 23.5 Å². The summed E-state index contributed by atoms with van der Waals surface area (Å²) in [6, 6.07) is 11.1. The number of benzene rings is 2. The molecular formula is C16H10NO5-. The Bertz CT molecular complexity index is 745. The molecule has 0 heterocycles. The second kappa shape index (κ2) is 6.45. The highest BCUT2D eigenvalue weighted by Crippen LogP contribution is 2.13. The van der Waals surface area contributed by atoms with Crippen LogP contribution >= 0.6 is 0 Å². The van der Waals surface area contributed by atoms with E-state index in [4.69, 9.17) is 0 Å². The number of nitro benzene ring substituents is 1. The van der Waals surface area contributed by atoms with Crippen LogP contribution in [-0.2, 0) is 0 Å². The highest BCUT2D eigenvalue weighted by Gasteiger charge is 2.07. The van der Waals surface area contributed by atoms with Gasteiger partial charge in [-0.1, -0.05) is 30.3 Å². The summed E-state index contributed by atoms with van der Waals surface area (Å²) in [5.41, 5.74) is 0.950. The van der Waals surface area contributed by atoms with Crippen molar-refractivity contribution < 1.29 is 19.6 Å². The van der Waals surface area contributed by atoms with E-state index in [2.05, 4.69) is 0 Å². The lowest BCUT2D eigenvalue weighted by Gasteiger charge is -2.01. The molecule has 0 unspecified atom stereocenters. The van der Waals surface area contributed by atoms with Gasteiger partial charge in [0, 0.05) is 17.7 Å². The molecule has 2 aromatic rings. The molecule has 0 aliphatic heterocycles. The number of ketones is 1. The summed E-state index contributed by atoms with van der Waals surface area (Å²) in [4.78, 5) is 32.5. The van der Waals surface area contributed by atoms with Gasteiger partial charge in [-0.3, -0.25) is 14.9 Å². The van der Waals surface area contributed by atoms with Crippen molar-refractivity contribution in [3.63, 3.8) is 0 Å². The second-order valence-electron chi connectivity index (χ2n) is 4.41. The fourth-order valence-corrected chi connectivity index (χ4v) is 1.75. The van der Waals surface area contributed by atoms with Crippen molar-refractivity contribution in [3.8, 4) is 0 Å². The minimum atomic E-state index is -1.27. The fraction of sp³-hybridized carbons (Fsp3) is 0. The van der Waals surface area contributed by atoms with Gasteiger partial charge in [-0.2, -0.15) is 0 Å². The van der Waals surface area contributed by atoms with E-state index < -0.39 is 10.9 Å².